The van der Waals surface area contributed by atoms with Gasteiger partial charge >= 0.3 is 0 Å². The van der Waals surface area contributed by atoms with Gasteiger partial charge in [-0.25, -0.2) is 4.98 Å². The highest BCUT2D eigenvalue weighted by Gasteiger charge is 2.29. The molecule has 0 saturated carbocycles. The van der Waals surface area contributed by atoms with Crippen LogP contribution in [-0.2, 0) is 11.4 Å². The maximum absolute atomic E-state index is 12.2. The van der Waals surface area contributed by atoms with Crippen molar-refractivity contribution < 1.29 is 9.29 Å². The fraction of sp³-hybridized carbons (Fsp3) is 0.500. The summed E-state index contributed by atoms with van der Waals surface area (Å²) in [5, 5.41) is 0. The van der Waals surface area contributed by atoms with Gasteiger partial charge in [0.2, 0.25) is 0 Å². The van der Waals surface area contributed by atoms with Crippen LogP contribution in [0.2, 0.25) is 0 Å². The average molecular weight is 374 g/mol. The number of pyridine rings is 1. The second kappa shape index (κ2) is 6.16. The molecule has 2 aromatic rings. The summed E-state index contributed by atoms with van der Waals surface area (Å²) in [6.45, 7) is 7.77. The van der Waals surface area contributed by atoms with Crippen LogP contribution in [0.4, 0.5) is 0 Å². The van der Waals surface area contributed by atoms with Crippen LogP contribution < -0.4 is 9.46 Å². The van der Waals surface area contributed by atoms with Crippen LogP contribution in [-0.4, -0.2) is 25.8 Å². The summed E-state index contributed by atoms with van der Waals surface area (Å²) in [6.07, 6.45) is 3.78. The maximum Gasteiger partial charge on any atom is 0.151 e. The standard InChI is InChI=1S/C14H20BrN3O2S/c1-9(17-21(19)14(2,3)4)12-8-18-7-10(20-5)6-11(15)13(18)16-12/h6-9,17H,1-5H3/t9-,21-/m1/s1. The fourth-order valence-electron chi connectivity index (χ4n) is 1.77. The number of fused-ring (bicyclic) bond motifs is 1. The van der Waals surface area contributed by atoms with E-state index in [-0.39, 0.29) is 10.8 Å². The lowest BCUT2D eigenvalue weighted by molar-refractivity contribution is 0.412. The zero-order chi connectivity index (χ0) is 15.8. The first-order valence-electron chi connectivity index (χ1n) is 6.62. The molecule has 0 aliphatic heterocycles. The molecule has 0 spiro atoms. The SMILES string of the molecule is COc1cc(Br)c2nc([C@@H](C)N[S@+]([O-])C(C)(C)C)cn2c1. The molecule has 0 aromatic carbocycles. The van der Waals surface area contributed by atoms with Gasteiger partial charge in [0, 0.05) is 17.6 Å². The molecule has 0 bridgehead atoms. The normalized spacial score (nSPS) is 15.2. The molecule has 2 heterocycles. The molecular formula is C14H20BrN3O2S. The van der Waals surface area contributed by atoms with Crippen LogP contribution in [0.5, 0.6) is 5.75 Å². The van der Waals surface area contributed by atoms with Crippen LogP contribution >= 0.6 is 15.9 Å². The summed E-state index contributed by atoms with van der Waals surface area (Å²) in [7, 11) is 1.63. The Bertz CT molecular complexity index is 639. The highest BCUT2D eigenvalue weighted by molar-refractivity contribution is 9.10. The van der Waals surface area contributed by atoms with E-state index in [1.807, 2.05) is 50.6 Å². The quantitative estimate of drug-likeness (QED) is 0.835. The zero-order valence-corrected chi connectivity index (χ0v) is 15.2. The Labute approximate surface area is 136 Å². The Hall–Kier alpha value is -0.760. The molecule has 2 rings (SSSR count). The van der Waals surface area contributed by atoms with E-state index >= 15 is 0 Å². The fourth-order valence-corrected chi connectivity index (χ4v) is 3.08. The maximum atomic E-state index is 12.2. The van der Waals surface area contributed by atoms with Gasteiger partial charge in [-0.15, -0.1) is 4.72 Å². The minimum Gasteiger partial charge on any atom is -0.598 e. The van der Waals surface area contributed by atoms with Crippen molar-refractivity contribution in [2.75, 3.05) is 7.11 Å². The van der Waals surface area contributed by atoms with Crippen LogP contribution in [0.15, 0.2) is 22.9 Å². The van der Waals surface area contributed by atoms with Gasteiger partial charge in [-0.3, -0.25) is 0 Å². The lowest BCUT2D eigenvalue weighted by atomic mass is 10.3. The lowest BCUT2D eigenvalue weighted by Gasteiger charge is -2.25. The van der Waals surface area contributed by atoms with Gasteiger partial charge in [-0.05, 0) is 49.7 Å². The van der Waals surface area contributed by atoms with Gasteiger partial charge in [0.15, 0.2) is 5.65 Å². The van der Waals surface area contributed by atoms with Gasteiger partial charge < -0.3 is 13.7 Å². The number of nitrogens with one attached hydrogen (secondary N) is 1. The predicted molar refractivity (Wildman–Crippen MR) is 88.9 cm³/mol. The Morgan fingerprint density at radius 3 is 2.67 bits per heavy atom. The Morgan fingerprint density at radius 2 is 2.10 bits per heavy atom. The third kappa shape index (κ3) is 3.71. The Kier molecular flexibility index (Phi) is 4.87. The molecule has 0 amide bonds. The number of methoxy groups -OCH3 is 1. The molecule has 2 atom stereocenters. The van der Waals surface area contributed by atoms with Crippen molar-refractivity contribution in [3.8, 4) is 5.75 Å². The van der Waals surface area contributed by atoms with Crippen LogP contribution in [0.1, 0.15) is 39.4 Å². The first-order chi connectivity index (χ1) is 9.72. The number of nitrogens with zero attached hydrogens (tertiary/aromatic N) is 2. The monoisotopic (exact) mass is 373 g/mol. The van der Waals surface area contributed by atoms with E-state index in [0.29, 0.717) is 0 Å². The molecule has 21 heavy (non-hydrogen) atoms. The number of imidazole rings is 1. The molecule has 5 nitrogen and oxygen atoms in total. The van der Waals surface area contributed by atoms with Crippen molar-refractivity contribution in [1.82, 2.24) is 14.1 Å². The first-order valence-corrected chi connectivity index (χ1v) is 8.57. The third-order valence-electron chi connectivity index (χ3n) is 3.02. The minimum atomic E-state index is -1.14. The van der Waals surface area contributed by atoms with E-state index in [4.69, 9.17) is 4.74 Å². The molecule has 0 radical (unpaired) electrons. The van der Waals surface area contributed by atoms with Gasteiger partial charge in [0.25, 0.3) is 0 Å². The van der Waals surface area contributed by atoms with Gasteiger partial charge in [-0.1, -0.05) is 0 Å². The highest BCUT2D eigenvalue weighted by Crippen LogP contribution is 2.26. The van der Waals surface area contributed by atoms with E-state index in [1.165, 1.54) is 0 Å². The van der Waals surface area contributed by atoms with E-state index in [1.54, 1.807) is 7.11 Å². The van der Waals surface area contributed by atoms with Gasteiger partial charge in [0.1, 0.15) is 10.5 Å². The topological polar surface area (TPSA) is 61.6 Å². The first kappa shape index (κ1) is 16.6. The number of hydrogen-bond donors (Lipinski definition) is 1. The molecule has 0 unspecified atom stereocenters. The summed E-state index contributed by atoms with van der Waals surface area (Å²) in [5.74, 6) is 0.747. The summed E-state index contributed by atoms with van der Waals surface area (Å²) in [5.41, 5.74) is 1.64. The summed E-state index contributed by atoms with van der Waals surface area (Å²) in [6, 6.07) is 1.76. The molecule has 116 valence electrons. The van der Waals surface area contributed by atoms with Gasteiger partial charge in [0.05, 0.1) is 29.5 Å². The Balaban J connectivity index is 2.28. The third-order valence-corrected chi connectivity index (χ3v) is 5.28. The van der Waals surface area contributed by atoms with Crippen molar-refractivity contribution in [2.24, 2.45) is 0 Å². The van der Waals surface area contributed by atoms with E-state index in [0.717, 1.165) is 21.6 Å². The zero-order valence-electron chi connectivity index (χ0n) is 12.8. The second-order valence-corrected chi connectivity index (χ2v) is 8.70. The predicted octanol–water partition coefficient (Wildman–Crippen LogP) is 3.22. The van der Waals surface area contributed by atoms with E-state index in [2.05, 4.69) is 25.6 Å². The molecule has 7 heteroatoms. The summed E-state index contributed by atoms with van der Waals surface area (Å²) >= 11 is 2.35. The molecule has 0 fully saturated rings. The largest absolute Gasteiger partial charge is 0.598 e. The van der Waals surface area contributed by atoms with Crippen molar-refractivity contribution in [3.63, 3.8) is 0 Å². The highest BCUT2D eigenvalue weighted by atomic mass is 79.9. The number of ether oxygens (including phenoxy) is 1. The molecule has 1 N–H and O–H groups in total. The lowest BCUT2D eigenvalue weighted by Crippen LogP contribution is -2.40. The van der Waals surface area contributed by atoms with Crippen molar-refractivity contribution in [3.05, 3.63) is 28.6 Å². The second-order valence-electron chi connectivity index (χ2n) is 5.85. The van der Waals surface area contributed by atoms with Gasteiger partial charge in [-0.2, -0.15) is 0 Å². The smallest absolute Gasteiger partial charge is 0.151 e. The molecular weight excluding hydrogens is 354 g/mol. The van der Waals surface area contributed by atoms with Crippen LogP contribution in [0.3, 0.4) is 0 Å². The van der Waals surface area contributed by atoms with Crippen LogP contribution in [0, 0.1) is 0 Å². The molecule has 0 aliphatic rings. The summed E-state index contributed by atoms with van der Waals surface area (Å²) < 4.78 is 23.0. The molecule has 2 aromatic heterocycles. The van der Waals surface area contributed by atoms with Crippen molar-refractivity contribution in [1.29, 1.82) is 0 Å². The van der Waals surface area contributed by atoms with Crippen molar-refractivity contribution >= 4 is 32.9 Å². The number of halogens is 1. The van der Waals surface area contributed by atoms with E-state index < -0.39 is 11.4 Å². The summed E-state index contributed by atoms with van der Waals surface area (Å²) in [4.78, 5) is 4.59. The van der Waals surface area contributed by atoms with Crippen molar-refractivity contribution in [2.45, 2.75) is 38.5 Å². The number of aromatic nitrogens is 2. The molecule has 0 aliphatic carbocycles. The minimum absolute atomic E-state index is 0.108. The van der Waals surface area contributed by atoms with E-state index in [9.17, 15) is 4.55 Å². The Morgan fingerprint density at radius 1 is 1.43 bits per heavy atom. The molecule has 0 saturated heterocycles. The van der Waals surface area contributed by atoms with Crippen LogP contribution in [0.25, 0.3) is 5.65 Å². The number of hydrogen-bond acceptors (Lipinski definition) is 4. The average Bonchev–Trinajstić information content (AvgIpc) is 2.81. The number of rotatable bonds is 4.